The van der Waals surface area contributed by atoms with Crippen LogP contribution >= 0.6 is 0 Å². The van der Waals surface area contributed by atoms with Crippen LogP contribution in [0.4, 0.5) is 0 Å². The van der Waals surface area contributed by atoms with Gasteiger partial charge in [0.15, 0.2) is 0 Å². The molecule has 125 valence electrons. The molecule has 3 heteroatoms. The first-order chi connectivity index (χ1) is 10.7. The monoisotopic (exact) mass is 304 g/mol. The van der Waals surface area contributed by atoms with Gasteiger partial charge < -0.3 is 9.80 Å². The molecule has 22 heavy (non-hydrogen) atoms. The second-order valence-corrected chi connectivity index (χ2v) is 5.74. The molecule has 0 saturated carbocycles. The molecule has 3 nitrogen and oxygen atoms in total. The Kier molecular flexibility index (Phi) is 10.1. The van der Waals surface area contributed by atoms with Crippen molar-refractivity contribution < 1.29 is 0 Å². The molecule has 0 spiro atoms. The summed E-state index contributed by atoms with van der Waals surface area (Å²) in [4.78, 5) is 7.60. The average molecular weight is 305 g/mol. The fourth-order valence-electron chi connectivity index (χ4n) is 2.70. The standard InChI is InChI=1S/C19H34N3/c1-5-20(6-2)14-16-22(17-15-21(7-3)8-4)18-19-12-10-9-11-13-19/h10-13H,5-8,14-18H2,1-4H3. The van der Waals surface area contributed by atoms with E-state index in [1.54, 1.807) is 0 Å². The smallest absolute Gasteiger partial charge is 0.0234 e. The Hall–Kier alpha value is -0.900. The molecule has 0 aliphatic carbocycles. The Balaban J connectivity index is 2.55. The quantitative estimate of drug-likeness (QED) is 0.588. The number of nitrogens with zero attached hydrogens (tertiary/aromatic N) is 3. The second kappa shape index (κ2) is 11.6. The van der Waals surface area contributed by atoms with E-state index in [1.165, 1.54) is 5.56 Å². The summed E-state index contributed by atoms with van der Waals surface area (Å²) >= 11 is 0. The molecule has 0 N–H and O–H groups in total. The maximum atomic E-state index is 3.11. The van der Waals surface area contributed by atoms with Crippen LogP contribution in [0.15, 0.2) is 24.3 Å². The fraction of sp³-hybridized carbons (Fsp3) is 0.684. The first kappa shape index (κ1) is 19.1. The highest BCUT2D eigenvalue weighted by Gasteiger charge is 2.10. The van der Waals surface area contributed by atoms with E-state index >= 15 is 0 Å². The number of hydrogen-bond donors (Lipinski definition) is 0. The third-order valence-corrected chi connectivity index (χ3v) is 4.45. The Morgan fingerprint density at radius 2 is 1.09 bits per heavy atom. The Morgan fingerprint density at radius 1 is 0.682 bits per heavy atom. The largest absolute Gasteiger partial charge is 0.303 e. The Morgan fingerprint density at radius 3 is 1.50 bits per heavy atom. The van der Waals surface area contributed by atoms with Crippen LogP contribution in [-0.2, 0) is 6.54 Å². The second-order valence-electron chi connectivity index (χ2n) is 5.74. The zero-order valence-electron chi connectivity index (χ0n) is 15.0. The van der Waals surface area contributed by atoms with Crippen molar-refractivity contribution in [3.63, 3.8) is 0 Å². The molecule has 1 aromatic carbocycles. The minimum absolute atomic E-state index is 1.04. The number of hydrogen-bond acceptors (Lipinski definition) is 3. The van der Waals surface area contributed by atoms with Gasteiger partial charge in [0.1, 0.15) is 0 Å². The highest BCUT2D eigenvalue weighted by Crippen LogP contribution is 2.05. The molecule has 0 aliphatic rings. The fourth-order valence-corrected chi connectivity index (χ4v) is 2.70. The molecule has 1 radical (unpaired) electrons. The highest BCUT2D eigenvalue weighted by atomic mass is 15.2. The summed E-state index contributed by atoms with van der Waals surface area (Å²) in [5.74, 6) is 0. The summed E-state index contributed by atoms with van der Waals surface area (Å²) in [6.07, 6.45) is 0. The lowest BCUT2D eigenvalue weighted by molar-refractivity contribution is 0.180. The van der Waals surface area contributed by atoms with Crippen LogP contribution in [0.5, 0.6) is 0 Å². The maximum Gasteiger partial charge on any atom is 0.0234 e. The van der Waals surface area contributed by atoms with Gasteiger partial charge in [0, 0.05) is 32.7 Å². The third kappa shape index (κ3) is 7.39. The maximum absolute atomic E-state index is 3.11. The number of benzene rings is 1. The van der Waals surface area contributed by atoms with Crippen LogP contribution in [-0.4, -0.2) is 67.1 Å². The summed E-state index contributed by atoms with van der Waals surface area (Å²) in [6, 6.07) is 11.5. The molecular weight excluding hydrogens is 270 g/mol. The molecule has 0 saturated heterocycles. The topological polar surface area (TPSA) is 9.72 Å². The van der Waals surface area contributed by atoms with E-state index in [0.717, 1.165) is 58.9 Å². The van der Waals surface area contributed by atoms with E-state index in [2.05, 4.69) is 60.6 Å². The average Bonchev–Trinajstić information content (AvgIpc) is 2.57. The molecule has 0 unspecified atom stereocenters. The predicted molar refractivity (Wildman–Crippen MR) is 96.1 cm³/mol. The molecule has 0 amide bonds. The van der Waals surface area contributed by atoms with Crippen molar-refractivity contribution in [1.82, 2.24) is 14.7 Å². The van der Waals surface area contributed by atoms with Crippen LogP contribution in [0, 0.1) is 6.07 Å². The lowest BCUT2D eigenvalue weighted by atomic mass is 10.2. The van der Waals surface area contributed by atoms with Crippen molar-refractivity contribution in [2.24, 2.45) is 0 Å². The highest BCUT2D eigenvalue weighted by molar-refractivity contribution is 5.13. The molecule has 0 atom stereocenters. The van der Waals surface area contributed by atoms with E-state index < -0.39 is 0 Å². The lowest BCUT2D eigenvalue weighted by Gasteiger charge is -2.28. The van der Waals surface area contributed by atoms with E-state index in [0.29, 0.717) is 0 Å². The zero-order valence-corrected chi connectivity index (χ0v) is 15.0. The molecule has 0 aromatic heterocycles. The van der Waals surface area contributed by atoms with Crippen LogP contribution in [0.2, 0.25) is 0 Å². The van der Waals surface area contributed by atoms with Crippen molar-refractivity contribution in [2.75, 3.05) is 52.4 Å². The van der Waals surface area contributed by atoms with Crippen LogP contribution in [0.1, 0.15) is 33.3 Å². The minimum atomic E-state index is 1.04. The van der Waals surface area contributed by atoms with Gasteiger partial charge >= 0.3 is 0 Å². The van der Waals surface area contributed by atoms with E-state index in [9.17, 15) is 0 Å². The van der Waals surface area contributed by atoms with Gasteiger partial charge in [-0.25, -0.2) is 0 Å². The van der Waals surface area contributed by atoms with E-state index in [4.69, 9.17) is 0 Å². The summed E-state index contributed by atoms with van der Waals surface area (Å²) in [6.45, 7) is 19.2. The minimum Gasteiger partial charge on any atom is -0.303 e. The normalized spacial score (nSPS) is 11.8. The molecule has 0 fully saturated rings. The van der Waals surface area contributed by atoms with Gasteiger partial charge in [0.25, 0.3) is 0 Å². The molecule has 0 aliphatic heterocycles. The van der Waals surface area contributed by atoms with Crippen LogP contribution in [0.3, 0.4) is 0 Å². The summed E-state index contributed by atoms with van der Waals surface area (Å²) < 4.78 is 0. The van der Waals surface area contributed by atoms with Crippen LogP contribution < -0.4 is 0 Å². The van der Waals surface area contributed by atoms with Crippen molar-refractivity contribution >= 4 is 0 Å². The van der Waals surface area contributed by atoms with Crippen molar-refractivity contribution in [3.8, 4) is 0 Å². The molecular formula is C19H34N3. The van der Waals surface area contributed by atoms with E-state index in [-0.39, 0.29) is 0 Å². The van der Waals surface area contributed by atoms with Crippen LogP contribution in [0.25, 0.3) is 0 Å². The van der Waals surface area contributed by atoms with Gasteiger partial charge in [0.2, 0.25) is 0 Å². The summed E-state index contributed by atoms with van der Waals surface area (Å²) in [5, 5.41) is 0. The molecule has 0 bridgehead atoms. The van der Waals surface area contributed by atoms with Gasteiger partial charge in [-0.2, -0.15) is 0 Å². The predicted octanol–water partition coefficient (Wildman–Crippen LogP) is 2.97. The summed E-state index contributed by atoms with van der Waals surface area (Å²) in [7, 11) is 0. The van der Waals surface area contributed by atoms with Gasteiger partial charge in [-0.1, -0.05) is 52.0 Å². The SMILES string of the molecule is CCN(CC)CCN(CCN(CC)CC)Cc1cc[c]cc1. The lowest BCUT2D eigenvalue weighted by Crippen LogP contribution is -2.39. The van der Waals surface area contributed by atoms with Gasteiger partial charge in [-0.3, -0.25) is 4.90 Å². The van der Waals surface area contributed by atoms with E-state index in [1.807, 2.05) is 12.1 Å². The first-order valence-corrected chi connectivity index (χ1v) is 8.85. The third-order valence-electron chi connectivity index (χ3n) is 4.45. The van der Waals surface area contributed by atoms with Crippen molar-refractivity contribution in [1.29, 1.82) is 0 Å². The van der Waals surface area contributed by atoms with Gasteiger partial charge in [-0.05, 0) is 37.8 Å². The Labute approximate surface area is 137 Å². The van der Waals surface area contributed by atoms with Crippen molar-refractivity contribution in [3.05, 3.63) is 35.9 Å². The Bertz CT molecular complexity index is 342. The summed E-state index contributed by atoms with van der Waals surface area (Å²) in [5.41, 5.74) is 1.39. The first-order valence-electron chi connectivity index (χ1n) is 8.85. The number of rotatable bonds is 12. The molecule has 1 aromatic rings. The molecule has 0 heterocycles. The molecule has 1 rings (SSSR count). The number of likely N-dealkylation sites (N-methyl/N-ethyl adjacent to an activating group) is 2. The van der Waals surface area contributed by atoms with Gasteiger partial charge in [-0.15, -0.1) is 0 Å². The zero-order chi connectivity index (χ0) is 16.2. The van der Waals surface area contributed by atoms with Crippen molar-refractivity contribution in [2.45, 2.75) is 34.2 Å². The van der Waals surface area contributed by atoms with Gasteiger partial charge in [0.05, 0.1) is 0 Å².